The van der Waals surface area contributed by atoms with E-state index in [2.05, 4.69) is 11.8 Å². The summed E-state index contributed by atoms with van der Waals surface area (Å²) in [5.74, 6) is 0.435. The van der Waals surface area contributed by atoms with Gasteiger partial charge in [-0.3, -0.25) is 0 Å². The Kier molecular flexibility index (Phi) is 4.42. The van der Waals surface area contributed by atoms with Gasteiger partial charge in [-0.15, -0.1) is 12.4 Å². The molecule has 0 aliphatic carbocycles. The minimum absolute atomic E-state index is 0. The fraction of sp³-hybridized carbons (Fsp3) is 0.500. The fourth-order valence-electron chi connectivity index (χ4n) is 2.22. The highest BCUT2D eigenvalue weighted by molar-refractivity contribution is 5.85. The van der Waals surface area contributed by atoms with E-state index >= 15 is 0 Å². The molecule has 1 aliphatic rings. The van der Waals surface area contributed by atoms with E-state index in [-0.39, 0.29) is 18.2 Å². The molecule has 2 N–H and O–H groups in total. The highest BCUT2D eigenvalue weighted by Crippen LogP contribution is 2.28. The second-order valence-electron chi connectivity index (χ2n) is 4.40. The van der Waals surface area contributed by atoms with Crippen molar-refractivity contribution in [3.8, 4) is 0 Å². The van der Waals surface area contributed by atoms with Gasteiger partial charge in [-0.2, -0.15) is 0 Å². The predicted molar refractivity (Wildman–Crippen MR) is 68.7 cm³/mol. The van der Waals surface area contributed by atoms with Crippen LogP contribution in [0.4, 0.5) is 15.8 Å². The molecule has 1 fully saturated rings. The lowest BCUT2D eigenvalue weighted by Crippen LogP contribution is -2.34. The molecule has 0 saturated carbocycles. The van der Waals surface area contributed by atoms with Crippen LogP contribution in [0.2, 0.25) is 0 Å². The number of nitrogens with zero attached hydrogens (tertiary/aromatic N) is 1. The van der Waals surface area contributed by atoms with Crippen molar-refractivity contribution in [3.05, 3.63) is 24.0 Å². The first-order valence-corrected chi connectivity index (χ1v) is 5.47. The van der Waals surface area contributed by atoms with Crippen LogP contribution < -0.4 is 10.6 Å². The second-order valence-corrected chi connectivity index (χ2v) is 4.40. The van der Waals surface area contributed by atoms with Crippen molar-refractivity contribution in [1.29, 1.82) is 0 Å². The number of nitrogen functional groups attached to an aromatic ring is 1. The van der Waals surface area contributed by atoms with E-state index in [1.807, 2.05) is 0 Å². The lowest BCUT2D eigenvalue weighted by atomic mass is 9.99. The summed E-state index contributed by atoms with van der Waals surface area (Å²) in [5, 5.41) is 0. The predicted octanol–water partition coefficient (Wildman–Crippen LogP) is 3.07. The van der Waals surface area contributed by atoms with Gasteiger partial charge in [-0.25, -0.2) is 4.39 Å². The highest BCUT2D eigenvalue weighted by atomic mass is 35.5. The smallest absolute Gasteiger partial charge is 0.125 e. The van der Waals surface area contributed by atoms with Crippen LogP contribution in [0.25, 0.3) is 0 Å². The van der Waals surface area contributed by atoms with Crippen molar-refractivity contribution < 1.29 is 4.39 Å². The molecule has 4 heteroatoms. The normalized spacial score (nSPS) is 20.4. The third kappa shape index (κ3) is 2.79. The molecule has 1 saturated heterocycles. The van der Waals surface area contributed by atoms with Crippen LogP contribution in [-0.2, 0) is 0 Å². The standard InChI is InChI=1S/C12H17FN2.ClH/c1-9-3-2-6-15(8-9)12-5-4-10(13)7-11(12)14;/h4-5,7,9H,2-3,6,8,14H2,1H3;1H/t9-;/m0./s1. The van der Waals surface area contributed by atoms with Crippen LogP contribution >= 0.6 is 12.4 Å². The van der Waals surface area contributed by atoms with Crippen molar-refractivity contribution in [2.24, 2.45) is 5.92 Å². The van der Waals surface area contributed by atoms with Gasteiger partial charge in [-0.05, 0) is 37.0 Å². The zero-order valence-corrected chi connectivity index (χ0v) is 10.3. The van der Waals surface area contributed by atoms with Crippen LogP contribution in [-0.4, -0.2) is 13.1 Å². The third-order valence-electron chi connectivity index (χ3n) is 2.99. The Morgan fingerprint density at radius 1 is 1.44 bits per heavy atom. The Balaban J connectivity index is 0.00000128. The fourth-order valence-corrected chi connectivity index (χ4v) is 2.22. The van der Waals surface area contributed by atoms with Gasteiger partial charge in [0, 0.05) is 13.1 Å². The molecule has 0 radical (unpaired) electrons. The number of piperidine rings is 1. The van der Waals surface area contributed by atoms with Gasteiger partial charge >= 0.3 is 0 Å². The van der Waals surface area contributed by atoms with E-state index in [0.717, 1.165) is 18.8 Å². The Labute approximate surface area is 102 Å². The van der Waals surface area contributed by atoms with E-state index in [1.165, 1.54) is 25.0 Å². The number of halogens is 2. The van der Waals surface area contributed by atoms with Crippen molar-refractivity contribution >= 4 is 23.8 Å². The quantitative estimate of drug-likeness (QED) is 0.770. The first-order chi connectivity index (χ1) is 7.16. The molecule has 1 aromatic rings. The maximum Gasteiger partial charge on any atom is 0.125 e. The minimum atomic E-state index is -0.263. The monoisotopic (exact) mass is 244 g/mol. The maximum atomic E-state index is 12.9. The van der Waals surface area contributed by atoms with Crippen LogP contribution in [0.1, 0.15) is 19.8 Å². The second kappa shape index (κ2) is 5.39. The summed E-state index contributed by atoms with van der Waals surface area (Å²) >= 11 is 0. The molecule has 1 aromatic carbocycles. The summed E-state index contributed by atoms with van der Waals surface area (Å²) in [6, 6.07) is 4.66. The molecule has 1 heterocycles. The molecule has 16 heavy (non-hydrogen) atoms. The molecule has 2 rings (SSSR count). The van der Waals surface area contributed by atoms with Gasteiger partial charge in [0.1, 0.15) is 5.82 Å². The summed E-state index contributed by atoms with van der Waals surface area (Å²) in [5.41, 5.74) is 7.34. The van der Waals surface area contributed by atoms with Crippen molar-refractivity contribution in [1.82, 2.24) is 0 Å². The molecule has 2 nitrogen and oxygen atoms in total. The number of nitrogens with two attached hydrogens (primary N) is 1. The van der Waals surface area contributed by atoms with E-state index in [0.29, 0.717) is 11.6 Å². The Morgan fingerprint density at radius 3 is 2.81 bits per heavy atom. The zero-order chi connectivity index (χ0) is 10.8. The first-order valence-electron chi connectivity index (χ1n) is 5.47. The van der Waals surface area contributed by atoms with Gasteiger partial charge in [-0.1, -0.05) is 6.92 Å². The molecule has 0 unspecified atom stereocenters. The van der Waals surface area contributed by atoms with E-state index in [9.17, 15) is 4.39 Å². The lowest BCUT2D eigenvalue weighted by molar-refractivity contribution is 0.447. The Hall–Kier alpha value is -0.960. The summed E-state index contributed by atoms with van der Waals surface area (Å²) in [4.78, 5) is 2.25. The topological polar surface area (TPSA) is 29.3 Å². The molecule has 0 bridgehead atoms. The summed E-state index contributed by atoms with van der Waals surface area (Å²) in [6.07, 6.45) is 2.47. The number of anilines is 2. The molecular formula is C12H18ClFN2. The number of benzene rings is 1. The van der Waals surface area contributed by atoms with E-state index in [1.54, 1.807) is 6.07 Å². The molecule has 0 spiro atoms. The molecule has 1 aliphatic heterocycles. The van der Waals surface area contributed by atoms with Gasteiger partial charge in [0.25, 0.3) is 0 Å². The maximum absolute atomic E-state index is 12.9. The zero-order valence-electron chi connectivity index (χ0n) is 9.45. The summed E-state index contributed by atoms with van der Waals surface area (Å²) in [7, 11) is 0. The van der Waals surface area contributed by atoms with E-state index in [4.69, 9.17) is 5.73 Å². The average molecular weight is 245 g/mol. The summed E-state index contributed by atoms with van der Waals surface area (Å²) < 4.78 is 12.9. The van der Waals surface area contributed by atoms with Gasteiger partial charge in [0.05, 0.1) is 11.4 Å². The molecule has 90 valence electrons. The Bertz CT molecular complexity index is 357. The number of rotatable bonds is 1. The molecule has 0 amide bonds. The summed E-state index contributed by atoms with van der Waals surface area (Å²) in [6.45, 7) is 4.29. The van der Waals surface area contributed by atoms with Crippen molar-refractivity contribution in [2.45, 2.75) is 19.8 Å². The van der Waals surface area contributed by atoms with Crippen molar-refractivity contribution in [2.75, 3.05) is 23.7 Å². The highest BCUT2D eigenvalue weighted by Gasteiger charge is 2.18. The number of hydrogen-bond acceptors (Lipinski definition) is 2. The SMILES string of the molecule is C[C@H]1CCCN(c2ccc(F)cc2N)C1.Cl. The van der Waals surface area contributed by atoms with Crippen molar-refractivity contribution in [3.63, 3.8) is 0 Å². The molecule has 1 atom stereocenters. The minimum Gasteiger partial charge on any atom is -0.397 e. The lowest BCUT2D eigenvalue weighted by Gasteiger charge is -2.33. The third-order valence-corrected chi connectivity index (χ3v) is 2.99. The number of hydrogen-bond donors (Lipinski definition) is 1. The van der Waals surface area contributed by atoms with Gasteiger partial charge < -0.3 is 10.6 Å². The first kappa shape index (κ1) is 13.1. The van der Waals surface area contributed by atoms with Crippen LogP contribution in [0, 0.1) is 11.7 Å². The van der Waals surface area contributed by atoms with Crippen LogP contribution in [0.5, 0.6) is 0 Å². The van der Waals surface area contributed by atoms with E-state index < -0.39 is 0 Å². The Morgan fingerprint density at radius 2 is 2.19 bits per heavy atom. The van der Waals surface area contributed by atoms with Crippen LogP contribution in [0.3, 0.4) is 0 Å². The average Bonchev–Trinajstić information content (AvgIpc) is 2.17. The van der Waals surface area contributed by atoms with Crippen LogP contribution in [0.15, 0.2) is 18.2 Å². The molecular weight excluding hydrogens is 227 g/mol. The van der Waals surface area contributed by atoms with Gasteiger partial charge in [0.2, 0.25) is 0 Å². The molecule has 0 aromatic heterocycles. The largest absolute Gasteiger partial charge is 0.397 e. The van der Waals surface area contributed by atoms with Gasteiger partial charge in [0.15, 0.2) is 0 Å².